The highest BCUT2D eigenvalue weighted by Gasteiger charge is 2.26. The van der Waals surface area contributed by atoms with Crippen molar-refractivity contribution in [3.8, 4) is 16.3 Å². The number of thiophene rings is 1. The number of hydrogen-bond donors (Lipinski definition) is 1. The van der Waals surface area contributed by atoms with Gasteiger partial charge in [0.2, 0.25) is 5.91 Å². The first-order chi connectivity index (χ1) is 13.1. The molecule has 1 aromatic carbocycles. The zero-order valence-corrected chi connectivity index (χ0v) is 16.2. The van der Waals surface area contributed by atoms with Crippen molar-refractivity contribution >= 4 is 40.2 Å². The maximum atomic E-state index is 12.4. The molecule has 27 heavy (non-hydrogen) atoms. The number of para-hydroxylation sites is 2. The zero-order chi connectivity index (χ0) is 18.8. The summed E-state index contributed by atoms with van der Waals surface area (Å²) in [6.45, 7) is 2.33. The molecule has 0 spiro atoms. The van der Waals surface area contributed by atoms with Gasteiger partial charge >= 0.3 is 0 Å². The maximum Gasteiger partial charge on any atom is 0.265 e. The largest absolute Gasteiger partial charge is 0.482 e. The summed E-state index contributed by atoms with van der Waals surface area (Å²) in [6, 6.07) is 11.2. The van der Waals surface area contributed by atoms with E-state index in [4.69, 9.17) is 4.74 Å². The molecule has 4 rings (SSSR count). The fraction of sp³-hybridized carbons (Fsp3) is 0.211. The van der Waals surface area contributed by atoms with Gasteiger partial charge in [-0.2, -0.15) is 0 Å². The number of benzene rings is 1. The molecule has 0 saturated heterocycles. The summed E-state index contributed by atoms with van der Waals surface area (Å²) in [6.07, 6.45) is 0. The standard InChI is InChI=1S/C19H17N3O3S2/c1-12-21-14(11-26-12)17-7-6-13(27-17)8-20-18(23)9-22-15-4-2-3-5-16(15)25-10-19(22)24/h2-7,11H,8-10H2,1H3,(H,20,23). The number of ether oxygens (including phenoxy) is 1. The van der Waals surface area contributed by atoms with Gasteiger partial charge in [-0.05, 0) is 31.2 Å². The number of aryl methyl sites for hydroxylation is 1. The molecule has 8 heteroatoms. The van der Waals surface area contributed by atoms with Crippen LogP contribution in [0.4, 0.5) is 5.69 Å². The lowest BCUT2D eigenvalue weighted by Crippen LogP contribution is -2.44. The quantitative estimate of drug-likeness (QED) is 0.715. The van der Waals surface area contributed by atoms with Gasteiger partial charge in [0, 0.05) is 10.3 Å². The van der Waals surface area contributed by atoms with E-state index in [1.54, 1.807) is 34.8 Å². The van der Waals surface area contributed by atoms with Gasteiger partial charge < -0.3 is 10.1 Å². The lowest BCUT2D eigenvalue weighted by Gasteiger charge is -2.28. The van der Waals surface area contributed by atoms with E-state index in [1.165, 1.54) is 4.90 Å². The van der Waals surface area contributed by atoms with Crippen LogP contribution in [-0.2, 0) is 16.1 Å². The number of anilines is 1. The lowest BCUT2D eigenvalue weighted by molar-refractivity contribution is -0.125. The molecule has 0 radical (unpaired) electrons. The normalized spacial score (nSPS) is 13.2. The van der Waals surface area contributed by atoms with Crippen LogP contribution in [0.1, 0.15) is 9.88 Å². The minimum Gasteiger partial charge on any atom is -0.482 e. The SMILES string of the molecule is Cc1nc(-c2ccc(CNC(=O)CN3C(=O)COc4ccccc43)s2)cs1. The van der Waals surface area contributed by atoms with Crippen LogP contribution < -0.4 is 15.0 Å². The Kier molecular flexibility index (Phi) is 4.91. The predicted molar refractivity (Wildman–Crippen MR) is 106 cm³/mol. The van der Waals surface area contributed by atoms with Crippen molar-refractivity contribution < 1.29 is 14.3 Å². The van der Waals surface area contributed by atoms with Gasteiger partial charge in [-0.25, -0.2) is 4.98 Å². The molecule has 3 aromatic rings. The van der Waals surface area contributed by atoms with Crippen molar-refractivity contribution in [1.82, 2.24) is 10.3 Å². The van der Waals surface area contributed by atoms with Crippen LogP contribution in [0.3, 0.4) is 0 Å². The Morgan fingerprint density at radius 1 is 1.30 bits per heavy atom. The van der Waals surface area contributed by atoms with E-state index < -0.39 is 0 Å². The molecule has 1 N–H and O–H groups in total. The van der Waals surface area contributed by atoms with E-state index in [0.717, 1.165) is 20.5 Å². The summed E-state index contributed by atoms with van der Waals surface area (Å²) in [4.78, 5) is 32.6. The Morgan fingerprint density at radius 2 is 2.15 bits per heavy atom. The van der Waals surface area contributed by atoms with Gasteiger partial charge in [-0.15, -0.1) is 22.7 Å². The predicted octanol–water partition coefficient (Wildman–Crippen LogP) is 3.22. The van der Waals surface area contributed by atoms with Crippen molar-refractivity contribution in [2.45, 2.75) is 13.5 Å². The minimum absolute atomic E-state index is 0.0251. The summed E-state index contributed by atoms with van der Waals surface area (Å²) in [5.74, 6) is 0.187. The van der Waals surface area contributed by atoms with Crippen molar-refractivity contribution in [3.63, 3.8) is 0 Å². The van der Waals surface area contributed by atoms with E-state index in [1.807, 2.05) is 36.6 Å². The Bertz CT molecular complexity index is 996. The van der Waals surface area contributed by atoms with E-state index in [9.17, 15) is 9.59 Å². The smallest absolute Gasteiger partial charge is 0.265 e. The molecule has 2 aromatic heterocycles. The molecule has 138 valence electrons. The minimum atomic E-state index is -0.221. The number of nitrogens with one attached hydrogen (secondary N) is 1. The molecule has 1 aliphatic heterocycles. The van der Waals surface area contributed by atoms with Crippen LogP contribution in [-0.4, -0.2) is 29.9 Å². The van der Waals surface area contributed by atoms with Crippen molar-refractivity contribution in [1.29, 1.82) is 0 Å². The number of hydrogen-bond acceptors (Lipinski definition) is 6. The van der Waals surface area contributed by atoms with E-state index in [0.29, 0.717) is 18.0 Å². The van der Waals surface area contributed by atoms with E-state index in [-0.39, 0.29) is 25.0 Å². The van der Waals surface area contributed by atoms with Gasteiger partial charge in [-0.1, -0.05) is 12.1 Å². The second-order valence-corrected chi connectivity index (χ2v) is 8.26. The Balaban J connectivity index is 1.38. The second kappa shape index (κ2) is 7.50. The third-order valence-corrected chi connectivity index (χ3v) is 5.98. The van der Waals surface area contributed by atoms with E-state index >= 15 is 0 Å². The van der Waals surface area contributed by atoms with Crippen LogP contribution in [0, 0.1) is 6.92 Å². The first kappa shape index (κ1) is 17.7. The number of amides is 2. The number of carbonyl (C=O) groups excluding carboxylic acids is 2. The first-order valence-electron chi connectivity index (χ1n) is 8.40. The average molecular weight is 399 g/mol. The molecular formula is C19H17N3O3S2. The average Bonchev–Trinajstić information content (AvgIpc) is 3.31. The third kappa shape index (κ3) is 3.86. The Labute approximate surface area is 164 Å². The summed E-state index contributed by atoms with van der Waals surface area (Å²) in [7, 11) is 0. The summed E-state index contributed by atoms with van der Waals surface area (Å²) < 4.78 is 5.40. The zero-order valence-electron chi connectivity index (χ0n) is 14.6. The molecule has 0 bridgehead atoms. The molecule has 1 aliphatic rings. The highest BCUT2D eigenvalue weighted by Crippen LogP contribution is 2.31. The van der Waals surface area contributed by atoms with Gasteiger partial charge in [0.05, 0.1) is 27.8 Å². The molecule has 0 unspecified atom stereocenters. The monoisotopic (exact) mass is 399 g/mol. The van der Waals surface area contributed by atoms with Gasteiger partial charge in [0.25, 0.3) is 5.91 Å². The van der Waals surface area contributed by atoms with Gasteiger partial charge in [-0.3, -0.25) is 14.5 Å². The van der Waals surface area contributed by atoms with Crippen LogP contribution in [0.15, 0.2) is 41.8 Å². The number of fused-ring (bicyclic) bond motifs is 1. The highest BCUT2D eigenvalue weighted by atomic mass is 32.1. The van der Waals surface area contributed by atoms with Crippen molar-refractivity contribution in [2.75, 3.05) is 18.1 Å². The van der Waals surface area contributed by atoms with Crippen molar-refractivity contribution in [2.24, 2.45) is 0 Å². The fourth-order valence-electron chi connectivity index (χ4n) is 2.80. The number of thiazole rings is 1. The van der Waals surface area contributed by atoms with Crippen molar-refractivity contribution in [3.05, 3.63) is 51.7 Å². The molecule has 0 fully saturated rings. The van der Waals surface area contributed by atoms with Crippen LogP contribution in [0.5, 0.6) is 5.75 Å². The fourth-order valence-corrected chi connectivity index (χ4v) is 4.40. The van der Waals surface area contributed by atoms with Gasteiger partial charge in [0.15, 0.2) is 6.61 Å². The Morgan fingerprint density at radius 3 is 2.96 bits per heavy atom. The molecule has 6 nitrogen and oxygen atoms in total. The molecule has 0 aliphatic carbocycles. The number of aromatic nitrogens is 1. The number of rotatable bonds is 5. The molecule has 2 amide bonds. The van der Waals surface area contributed by atoms with Gasteiger partial charge in [0.1, 0.15) is 12.3 Å². The lowest BCUT2D eigenvalue weighted by atomic mass is 10.2. The van der Waals surface area contributed by atoms with Crippen LogP contribution in [0.2, 0.25) is 0 Å². The molecule has 3 heterocycles. The Hall–Kier alpha value is -2.71. The number of carbonyl (C=O) groups is 2. The topological polar surface area (TPSA) is 71.5 Å². The number of nitrogens with zero attached hydrogens (tertiary/aromatic N) is 2. The van der Waals surface area contributed by atoms with Crippen LogP contribution in [0.25, 0.3) is 10.6 Å². The summed E-state index contributed by atoms with van der Waals surface area (Å²) in [5.41, 5.74) is 1.59. The maximum absolute atomic E-state index is 12.4. The van der Waals surface area contributed by atoms with E-state index in [2.05, 4.69) is 10.3 Å². The molecule has 0 atom stereocenters. The second-order valence-electron chi connectivity index (χ2n) is 6.03. The molecule has 0 saturated carbocycles. The summed E-state index contributed by atoms with van der Waals surface area (Å²) in [5, 5.41) is 5.95. The highest BCUT2D eigenvalue weighted by molar-refractivity contribution is 7.16. The first-order valence-corrected chi connectivity index (χ1v) is 10.1. The third-order valence-electron chi connectivity index (χ3n) is 4.10. The molecular weight excluding hydrogens is 382 g/mol. The summed E-state index contributed by atoms with van der Waals surface area (Å²) >= 11 is 3.22. The van der Waals surface area contributed by atoms with Crippen LogP contribution >= 0.6 is 22.7 Å².